The van der Waals surface area contributed by atoms with Crippen molar-refractivity contribution in [2.45, 2.75) is 13.3 Å². The quantitative estimate of drug-likeness (QED) is 0.622. The molecule has 1 aliphatic rings. The zero-order chi connectivity index (χ0) is 16.0. The first kappa shape index (κ1) is 13.7. The van der Waals surface area contributed by atoms with Gasteiger partial charge in [0, 0.05) is 24.3 Å². The molecule has 3 aromatic rings. The molecule has 3 nitrogen and oxygen atoms in total. The van der Waals surface area contributed by atoms with Crippen molar-refractivity contribution < 1.29 is 9.59 Å². The first-order chi connectivity index (χ1) is 11.2. The van der Waals surface area contributed by atoms with Crippen LogP contribution in [0.3, 0.4) is 0 Å². The summed E-state index contributed by atoms with van der Waals surface area (Å²) in [4.78, 5) is 26.9. The monoisotopic (exact) mass is 301 g/mol. The minimum Gasteiger partial charge on any atom is -0.294 e. The molecule has 0 fully saturated rings. The molecule has 3 heteroatoms. The predicted octanol–water partition coefficient (Wildman–Crippen LogP) is 4.26. The highest BCUT2D eigenvalue weighted by atomic mass is 16.2. The fourth-order valence-electron chi connectivity index (χ4n) is 3.32. The van der Waals surface area contributed by atoms with Crippen LogP contribution in [0.15, 0.2) is 60.7 Å². The number of ketones is 1. The van der Waals surface area contributed by atoms with Gasteiger partial charge in [0.25, 0.3) is 0 Å². The molecule has 112 valence electrons. The smallest absolute Gasteiger partial charge is 0.228 e. The van der Waals surface area contributed by atoms with E-state index < -0.39 is 0 Å². The normalized spacial score (nSPS) is 13.4. The fraction of sp³-hybridized carbons (Fsp3) is 0.100. The van der Waals surface area contributed by atoms with E-state index in [0.29, 0.717) is 17.7 Å². The Hall–Kier alpha value is -2.94. The number of hydrogen-bond donors (Lipinski definition) is 0. The van der Waals surface area contributed by atoms with E-state index >= 15 is 0 Å². The van der Waals surface area contributed by atoms with E-state index in [9.17, 15) is 9.59 Å². The maximum atomic E-state index is 12.7. The highest BCUT2D eigenvalue weighted by Crippen LogP contribution is 2.40. The molecular formula is C20H15NO2. The second-order valence-corrected chi connectivity index (χ2v) is 5.77. The molecule has 0 bridgehead atoms. The van der Waals surface area contributed by atoms with E-state index in [1.807, 2.05) is 60.7 Å². The largest absolute Gasteiger partial charge is 0.294 e. The molecule has 23 heavy (non-hydrogen) atoms. The number of benzene rings is 3. The van der Waals surface area contributed by atoms with Gasteiger partial charge in [0.1, 0.15) is 0 Å². The second-order valence-electron chi connectivity index (χ2n) is 5.77. The Labute approximate surface area is 134 Å². The van der Waals surface area contributed by atoms with Crippen LogP contribution in [0.5, 0.6) is 0 Å². The van der Waals surface area contributed by atoms with Gasteiger partial charge >= 0.3 is 0 Å². The minimum atomic E-state index is -0.0928. The highest BCUT2D eigenvalue weighted by Gasteiger charge is 2.29. The first-order valence-electron chi connectivity index (χ1n) is 7.60. The molecule has 1 heterocycles. The van der Waals surface area contributed by atoms with Gasteiger partial charge in [-0.25, -0.2) is 0 Å². The predicted molar refractivity (Wildman–Crippen MR) is 91.2 cm³/mol. The molecule has 1 aliphatic heterocycles. The van der Waals surface area contributed by atoms with E-state index in [2.05, 4.69) is 0 Å². The number of anilines is 2. The fourth-order valence-corrected chi connectivity index (χ4v) is 3.32. The second kappa shape index (κ2) is 5.06. The average molecular weight is 301 g/mol. The molecule has 0 saturated carbocycles. The van der Waals surface area contributed by atoms with Crippen molar-refractivity contribution >= 4 is 33.8 Å². The van der Waals surface area contributed by atoms with Gasteiger partial charge in [-0.15, -0.1) is 0 Å². The van der Waals surface area contributed by atoms with Crippen molar-refractivity contribution in [3.8, 4) is 0 Å². The Balaban J connectivity index is 2.14. The van der Waals surface area contributed by atoms with Crippen LogP contribution in [0.2, 0.25) is 0 Å². The average Bonchev–Trinajstić information content (AvgIpc) is 2.68. The Kier molecular flexibility index (Phi) is 3.01. The Bertz CT molecular complexity index is 959. The first-order valence-corrected chi connectivity index (χ1v) is 7.60. The lowest BCUT2D eigenvalue weighted by atomic mass is 9.99. The molecular weight excluding hydrogens is 286 g/mol. The zero-order valence-corrected chi connectivity index (χ0v) is 12.7. The maximum Gasteiger partial charge on any atom is 0.228 e. The van der Waals surface area contributed by atoms with Crippen molar-refractivity contribution in [2.24, 2.45) is 0 Å². The van der Waals surface area contributed by atoms with E-state index in [0.717, 1.165) is 22.0 Å². The molecule has 0 spiro atoms. The third-order valence-corrected chi connectivity index (χ3v) is 4.32. The SMILES string of the molecule is CC(=O)N1c2ccccc2CC(=O)c2ccc3ccccc3c21. The van der Waals surface area contributed by atoms with Crippen LogP contribution >= 0.6 is 0 Å². The van der Waals surface area contributed by atoms with Crippen LogP contribution in [0.25, 0.3) is 10.8 Å². The van der Waals surface area contributed by atoms with E-state index in [-0.39, 0.29) is 11.7 Å². The molecule has 0 radical (unpaired) electrons. The van der Waals surface area contributed by atoms with Gasteiger partial charge in [-0.1, -0.05) is 48.5 Å². The Morgan fingerprint density at radius 3 is 2.52 bits per heavy atom. The summed E-state index contributed by atoms with van der Waals surface area (Å²) in [5.41, 5.74) is 2.98. The van der Waals surface area contributed by atoms with Crippen LogP contribution in [0.1, 0.15) is 22.8 Å². The molecule has 0 atom stereocenters. The number of Topliss-reactive ketones (excluding diaryl/α,β-unsaturated/α-hetero) is 1. The summed E-state index contributed by atoms with van der Waals surface area (Å²) < 4.78 is 0. The topological polar surface area (TPSA) is 37.4 Å². The van der Waals surface area contributed by atoms with Gasteiger partial charge in [-0.3, -0.25) is 14.5 Å². The molecule has 4 rings (SSSR count). The van der Waals surface area contributed by atoms with E-state index in [1.54, 1.807) is 4.90 Å². The highest BCUT2D eigenvalue weighted by molar-refractivity contribution is 6.18. The lowest BCUT2D eigenvalue weighted by molar-refractivity contribution is -0.115. The van der Waals surface area contributed by atoms with Crippen molar-refractivity contribution in [2.75, 3.05) is 4.90 Å². The molecule has 0 saturated heterocycles. The van der Waals surface area contributed by atoms with Gasteiger partial charge < -0.3 is 0 Å². The van der Waals surface area contributed by atoms with E-state index in [4.69, 9.17) is 0 Å². The number of nitrogens with zero attached hydrogens (tertiary/aromatic N) is 1. The summed E-state index contributed by atoms with van der Waals surface area (Å²) in [6, 6.07) is 19.2. The van der Waals surface area contributed by atoms with Crippen molar-refractivity contribution in [3.05, 3.63) is 71.8 Å². The summed E-state index contributed by atoms with van der Waals surface area (Å²) in [5.74, 6) is -0.0493. The summed E-state index contributed by atoms with van der Waals surface area (Å²) in [5, 5.41) is 1.94. The number of carbonyl (C=O) groups excluding carboxylic acids is 2. The van der Waals surface area contributed by atoms with E-state index in [1.165, 1.54) is 6.92 Å². The third-order valence-electron chi connectivity index (χ3n) is 4.32. The molecule has 0 unspecified atom stereocenters. The zero-order valence-electron chi connectivity index (χ0n) is 12.7. The lowest BCUT2D eigenvalue weighted by Crippen LogP contribution is -2.24. The van der Waals surface area contributed by atoms with Gasteiger partial charge in [0.2, 0.25) is 5.91 Å². The van der Waals surface area contributed by atoms with Gasteiger partial charge in [-0.05, 0) is 23.1 Å². The van der Waals surface area contributed by atoms with Gasteiger partial charge in [0.15, 0.2) is 5.78 Å². The number of carbonyl (C=O) groups is 2. The number of hydrogen-bond acceptors (Lipinski definition) is 2. The van der Waals surface area contributed by atoms with Crippen molar-refractivity contribution in [1.82, 2.24) is 0 Å². The van der Waals surface area contributed by atoms with Crippen LogP contribution < -0.4 is 4.90 Å². The maximum absolute atomic E-state index is 12.7. The minimum absolute atomic E-state index is 0.0435. The third kappa shape index (κ3) is 2.05. The van der Waals surface area contributed by atoms with Crippen molar-refractivity contribution in [1.29, 1.82) is 0 Å². The summed E-state index contributed by atoms with van der Waals surface area (Å²) >= 11 is 0. The lowest BCUT2D eigenvalue weighted by Gasteiger charge is -2.24. The molecule has 0 aliphatic carbocycles. The number of para-hydroxylation sites is 1. The Morgan fingerprint density at radius 2 is 1.70 bits per heavy atom. The number of rotatable bonds is 0. The van der Waals surface area contributed by atoms with Gasteiger partial charge in [-0.2, -0.15) is 0 Å². The van der Waals surface area contributed by atoms with Crippen LogP contribution in [-0.4, -0.2) is 11.7 Å². The van der Waals surface area contributed by atoms with Gasteiger partial charge in [0.05, 0.1) is 11.4 Å². The summed E-state index contributed by atoms with van der Waals surface area (Å²) in [7, 11) is 0. The number of amides is 1. The molecule has 1 amide bonds. The summed E-state index contributed by atoms with van der Waals surface area (Å²) in [6.07, 6.45) is 0.311. The van der Waals surface area contributed by atoms with Crippen LogP contribution in [-0.2, 0) is 11.2 Å². The van der Waals surface area contributed by atoms with Crippen LogP contribution in [0, 0.1) is 0 Å². The summed E-state index contributed by atoms with van der Waals surface area (Å²) in [6.45, 7) is 1.54. The number of fused-ring (bicyclic) bond motifs is 4. The Morgan fingerprint density at radius 1 is 0.957 bits per heavy atom. The van der Waals surface area contributed by atoms with Crippen LogP contribution in [0.4, 0.5) is 11.4 Å². The molecule has 0 aromatic heterocycles. The molecule has 0 N–H and O–H groups in total. The standard InChI is InChI=1S/C20H15NO2/c1-13(22)21-18-9-5-3-7-15(18)12-19(23)17-11-10-14-6-2-4-8-16(14)20(17)21/h2-11H,12H2,1H3. The molecule has 3 aromatic carbocycles. The van der Waals surface area contributed by atoms with Crippen molar-refractivity contribution in [3.63, 3.8) is 0 Å².